The molecule has 0 spiro atoms. The number of hydrogen-bond donors (Lipinski definition) is 3. The molecule has 0 fully saturated rings. The molecule has 30 heavy (non-hydrogen) atoms. The van der Waals surface area contributed by atoms with Gasteiger partial charge >= 0.3 is 0 Å². The maximum absolute atomic E-state index is 12.2. The number of carbonyl (C=O) groups is 1. The van der Waals surface area contributed by atoms with E-state index in [1.54, 1.807) is 13.3 Å². The van der Waals surface area contributed by atoms with E-state index in [4.69, 9.17) is 10.6 Å². The molecule has 9 nitrogen and oxygen atoms in total. The van der Waals surface area contributed by atoms with Gasteiger partial charge in [-0.3, -0.25) is 4.79 Å². The summed E-state index contributed by atoms with van der Waals surface area (Å²) in [7, 11) is 1.61. The first-order valence-corrected chi connectivity index (χ1v) is 10.2. The van der Waals surface area contributed by atoms with Crippen LogP contribution < -0.4 is 21.3 Å². The van der Waals surface area contributed by atoms with E-state index in [1.807, 2.05) is 61.5 Å². The standard InChI is InChI=1S/C20H23N7O2S/c1-14(16-6-4-3-5-7-16)23-18(28)13-30-20-26-25-19(27(20)21)24-22-12-15-8-10-17(29-2)11-9-15/h3-12,14H,13,21H2,1-2H3,(H,23,28)(H,24,25)/b22-12+. The quantitative estimate of drug-likeness (QED) is 0.208. The number of rotatable bonds is 9. The first-order chi connectivity index (χ1) is 14.6. The molecule has 0 bridgehead atoms. The van der Waals surface area contributed by atoms with Gasteiger partial charge in [0.15, 0.2) is 0 Å². The van der Waals surface area contributed by atoms with Crippen LogP contribution in [0.25, 0.3) is 0 Å². The Morgan fingerprint density at radius 1 is 1.23 bits per heavy atom. The lowest BCUT2D eigenvalue weighted by Gasteiger charge is -2.13. The fraction of sp³-hybridized carbons (Fsp3) is 0.200. The second kappa shape index (κ2) is 10.3. The molecular weight excluding hydrogens is 402 g/mol. The second-order valence-corrected chi connectivity index (χ2v) is 7.25. The predicted molar refractivity (Wildman–Crippen MR) is 118 cm³/mol. The summed E-state index contributed by atoms with van der Waals surface area (Å²) in [5.74, 6) is 7.07. The van der Waals surface area contributed by atoms with Crippen LogP contribution >= 0.6 is 11.8 Å². The number of hydrazone groups is 1. The van der Waals surface area contributed by atoms with Crippen LogP contribution in [0.2, 0.25) is 0 Å². The molecule has 2 aromatic carbocycles. The molecule has 1 amide bonds. The molecule has 4 N–H and O–H groups in total. The number of nitrogens with zero attached hydrogens (tertiary/aromatic N) is 4. The van der Waals surface area contributed by atoms with Crippen molar-refractivity contribution in [3.05, 3.63) is 65.7 Å². The van der Waals surface area contributed by atoms with Gasteiger partial charge in [0.25, 0.3) is 5.95 Å². The summed E-state index contributed by atoms with van der Waals surface area (Å²) in [4.78, 5) is 12.2. The largest absolute Gasteiger partial charge is 0.497 e. The molecule has 0 aliphatic heterocycles. The van der Waals surface area contributed by atoms with E-state index in [9.17, 15) is 4.79 Å². The zero-order valence-corrected chi connectivity index (χ0v) is 17.5. The van der Waals surface area contributed by atoms with Crippen molar-refractivity contribution in [2.45, 2.75) is 18.1 Å². The Morgan fingerprint density at radius 2 is 1.97 bits per heavy atom. The minimum atomic E-state index is -0.119. The van der Waals surface area contributed by atoms with Gasteiger partial charge < -0.3 is 15.9 Å². The number of thioether (sulfide) groups is 1. The molecule has 0 aliphatic rings. The number of benzene rings is 2. The number of ether oxygens (including phenoxy) is 1. The number of methoxy groups -OCH3 is 1. The summed E-state index contributed by atoms with van der Waals surface area (Å²) >= 11 is 1.19. The van der Waals surface area contributed by atoms with E-state index in [2.05, 4.69) is 26.0 Å². The Morgan fingerprint density at radius 3 is 2.67 bits per heavy atom. The molecule has 3 rings (SSSR count). The summed E-state index contributed by atoms with van der Waals surface area (Å²) in [6.45, 7) is 1.94. The van der Waals surface area contributed by atoms with Crippen LogP contribution in [0.5, 0.6) is 5.75 Å². The fourth-order valence-corrected chi connectivity index (χ4v) is 3.21. The molecule has 3 aromatic rings. The molecule has 0 saturated carbocycles. The number of nitrogens with one attached hydrogen (secondary N) is 2. The molecule has 0 radical (unpaired) electrons. The average Bonchev–Trinajstić information content (AvgIpc) is 3.13. The van der Waals surface area contributed by atoms with E-state index >= 15 is 0 Å². The second-order valence-electron chi connectivity index (χ2n) is 6.31. The Bertz CT molecular complexity index is 990. The Balaban J connectivity index is 1.49. The van der Waals surface area contributed by atoms with Crippen molar-refractivity contribution in [2.75, 3.05) is 24.1 Å². The summed E-state index contributed by atoms with van der Waals surface area (Å²) in [6, 6.07) is 17.1. The third-order valence-electron chi connectivity index (χ3n) is 4.17. The molecule has 1 unspecified atom stereocenters. The lowest BCUT2D eigenvalue weighted by molar-refractivity contribution is -0.119. The lowest BCUT2D eigenvalue weighted by Crippen LogP contribution is -2.28. The Labute approximate surface area is 178 Å². The molecular formula is C20H23N7O2S. The van der Waals surface area contributed by atoms with E-state index < -0.39 is 0 Å². The van der Waals surface area contributed by atoms with Gasteiger partial charge in [-0.2, -0.15) is 5.10 Å². The Kier molecular flexibility index (Phi) is 7.28. The SMILES string of the molecule is COc1ccc(/C=N/Nc2nnc(SCC(=O)NC(C)c3ccccc3)n2N)cc1. The molecule has 10 heteroatoms. The van der Waals surface area contributed by atoms with Gasteiger partial charge in [-0.05, 0) is 42.3 Å². The molecule has 0 saturated heterocycles. The monoisotopic (exact) mass is 425 g/mol. The molecule has 1 heterocycles. The lowest BCUT2D eigenvalue weighted by atomic mass is 10.1. The van der Waals surface area contributed by atoms with Crippen molar-refractivity contribution >= 4 is 29.8 Å². The zero-order chi connectivity index (χ0) is 21.3. The number of aromatic nitrogens is 3. The van der Waals surface area contributed by atoms with Crippen LogP contribution in [0, 0.1) is 0 Å². The first kappa shape index (κ1) is 21.2. The fourth-order valence-electron chi connectivity index (χ4n) is 2.54. The van der Waals surface area contributed by atoms with Gasteiger partial charge in [-0.1, -0.05) is 42.1 Å². The van der Waals surface area contributed by atoms with Crippen LogP contribution in [-0.2, 0) is 4.79 Å². The minimum absolute atomic E-state index is 0.0837. The van der Waals surface area contributed by atoms with Crippen molar-refractivity contribution < 1.29 is 9.53 Å². The highest BCUT2D eigenvalue weighted by molar-refractivity contribution is 7.99. The highest BCUT2D eigenvalue weighted by Crippen LogP contribution is 2.17. The van der Waals surface area contributed by atoms with E-state index in [1.165, 1.54) is 16.4 Å². The number of amides is 1. The summed E-state index contributed by atoms with van der Waals surface area (Å²) in [5.41, 5.74) is 4.66. The van der Waals surface area contributed by atoms with Gasteiger partial charge in [0, 0.05) is 0 Å². The van der Waals surface area contributed by atoms with Crippen LogP contribution in [0.15, 0.2) is 64.9 Å². The number of nitrogens with two attached hydrogens (primary N) is 1. The van der Waals surface area contributed by atoms with Gasteiger partial charge in [-0.15, -0.1) is 10.2 Å². The summed E-state index contributed by atoms with van der Waals surface area (Å²) in [5, 5.41) is 15.4. The zero-order valence-electron chi connectivity index (χ0n) is 16.6. The van der Waals surface area contributed by atoms with Crippen LogP contribution in [0.3, 0.4) is 0 Å². The predicted octanol–water partition coefficient (Wildman–Crippen LogP) is 2.42. The van der Waals surface area contributed by atoms with Crippen LogP contribution in [-0.4, -0.2) is 39.9 Å². The van der Waals surface area contributed by atoms with E-state index in [0.717, 1.165) is 16.9 Å². The maximum Gasteiger partial charge on any atom is 0.264 e. The van der Waals surface area contributed by atoms with Gasteiger partial charge in [-0.25, -0.2) is 10.1 Å². The third-order valence-corrected chi connectivity index (χ3v) is 5.11. The van der Waals surface area contributed by atoms with Crippen molar-refractivity contribution in [1.82, 2.24) is 20.2 Å². The topological polar surface area (TPSA) is 119 Å². The highest BCUT2D eigenvalue weighted by atomic mass is 32.2. The van der Waals surface area contributed by atoms with Crippen LogP contribution in [0.1, 0.15) is 24.1 Å². The average molecular weight is 426 g/mol. The maximum atomic E-state index is 12.2. The minimum Gasteiger partial charge on any atom is -0.497 e. The van der Waals surface area contributed by atoms with Gasteiger partial charge in [0.1, 0.15) is 5.75 Å². The van der Waals surface area contributed by atoms with E-state index in [-0.39, 0.29) is 23.7 Å². The molecule has 1 atom stereocenters. The normalized spacial score (nSPS) is 11.9. The van der Waals surface area contributed by atoms with Crippen molar-refractivity contribution in [3.8, 4) is 5.75 Å². The number of hydrogen-bond acceptors (Lipinski definition) is 8. The van der Waals surface area contributed by atoms with Crippen molar-refractivity contribution in [3.63, 3.8) is 0 Å². The third kappa shape index (κ3) is 5.74. The molecule has 0 aliphatic carbocycles. The first-order valence-electron chi connectivity index (χ1n) is 9.17. The number of anilines is 1. The summed E-state index contributed by atoms with van der Waals surface area (Å²) < 4.78 is 6.37. The highest BCUT2D eigenvalue weighted by Gasteiger charge is 2.14. The summed E-state index contributed by atoms with van der Waals surface area (Å²) in [6.07, 6.45) is 1.62. The Hall–Kier alpha value is -3.53. The molecule has 1 aromatic heterocycles. The van der Waals surface area contributed by atoms with Crippen LogP contribution in [0.4, 0.5) is 5.95 Å². The number of carbonyl (C=O) groups excluding carboxylic acids is 1. The molecule has 156 valence electrons. The smallest absolute Gasteiger partial charge is 0.264 e. The van der Waals surface area contributed by atoms with Crippen molar-refractivity contribution in [2.24, 2.45) is 5.10 Å². The van der Waals surface area contributed by atoms with Gasteiger partial charge in [0.2, 0.25) is 11.1 Å². The van der Waals surface area contributed by atoms with Gasteiger partial charge in [0.05, 0.1) is 25.1 Å². The number of nitrogen functional groups attached to an aromatic ring is 1. The van der Waals surface area contributed by atoms with Crippen molar-refractivity contribution in [1.29, 1.82) is 0 Å². The van der Waals surface area contributed by atoms with E-state index in [0.29, 0.717) is 5.16 Å².